The number of sulfonamides is 1. The normalized spacial score (nSPS) is 11.4. The maximum absolute atomic E-state index is 11.9. The van der Waals surface area contributed by atoms with Crippen molar-refractivity contribution in [3.8, 4) is 0 Å². The predicted molar refractivity (Wildman–Crippen MR) is 68.0 cm³/mol. The molecule has 0 atom stereocenters. The molecule has 8 heteroatoms. The number of anilines is 2. The number of nitrogens with two attached hydrogens (primary N) is 1. The Morgan fingerprint density at radius 2 is 2.18 bits per heavy atom. The van der Waals surface area contributed by atoms with Gasteiger partial charge in [-0.25, -0.2) is 4.98 Å². The van der Waals surface area contributed by atoms with Gasteiger partial charge in [0.25, 0.3) is 10.0 Å². The van der Waals surface area contributed by atoms with E-state index in [4.69, 9.17) is 5.73 Å². The van der Waals surface area contributed by atoms with Crippen molar-refractivity contribution in [3.05, 3.63) is 35.2 Å². The van der Waals surface area contributed by atoms with Crippen LogP contribution in [-0.4, -0.2) is 18.4 Å². The van der Waals surface area contributed by atoms with Gasteiger partial charge in [-0.1, -0.05) is 0 Å². The summed E-state index contributed by atoms with van der Waals surface area (Å²) in [5.74, 6) is 0. The highest BCUT2D eigenvalue weighted by Crippen LogP contribution is 2.26. The van der Waals surface area contributed by atoms with Crippen LogP contribution in [0.25, 0.3) is 0 Å². The van der Waals surface area contributed by atoms with Crippen LogP contribution in [0.4, 0.5) is 11.4 Å². The molecule has 0 aliphatic carbocycles. The van der Waals surface area contributed by atoms with Gasteiger partial charge in [0.1, 0.15) is 0 Å². The van der Waals surface area contributed by atoms with Crippen LogP contribution in [0.15, 0.2) is 40.2 Å². The summed E-state index contributed by atoms with van der Waals surface area (Å²) in [4.78, 5) is 6.19. The molecule has 0 amide bonds. The number of aromatic amines is 1. The van der Waals surface area contributed by atoms with Crippen LogP contribution in [0.5, 0.6) is 0 Å². The van der Waals surface area contributed by atoms with Crippen molar-refractivity contribution in [3.63, 3.8) is 0 Å². The highest BCUT2D eigenvalue weighted by molar-refractivity contribution is 9.10. The Labute approximate surface area is 106 Å². The molecule has 0 aliphatic rings. The summed E-state index contributed by atoms with van der Waals surface area (Å²) in [6, 6.07) is 4.80. The first-order chi connectivity index (χ1) is 7.99. The lowest BCUT2D eigenvalue weighted by molar-refractivity contribution is 0.598. The van der Waals surface area contributed by atoms with Gasteiger partial charge in [0, 0.05) is 10.2 Å². The zero-order chi connectivity index (χ0) is 12.5. The van der Waals surface area contributed by atoms with Crippen molar-refractivity contribution in [2.45, 2.75) is 5.03 Å². The molecule has 0 spiro atoms. The maximum atomic E-state index is 11.9. The summed E-state index contributed by atoms with van der Waals surface area (Å²) in [5, 5.41) is 0.00113. The quantitative estimate of drug-likeness (QED) is 0.748. The van der Waals surface area contributed by atoms with Crippen LogP contribution in [-0.2, 0) is 10.0 Å². The van der Waals surface area contributed by atoms with Crippen LogP contribution in [0, 0.1) is 0 Å². The molecule has 17 heavy (non-hydrogen) atoms. The number of imidazole rings is 1. The summed E-state index contributed by atoms with van der Waals surface area (Å²) in [5.41, 5.74) is 6.52. The van der Waals surface area contributed by atoms with Gasteiger partial charge in [-0.05, 0) is 34.1 Å². The molecule has 0 aliphatic heterocycles. The van der Waals surface area contributed by atoms with Gasteiger partial charge < -0.3 is 10.7 Å². The van der Waals surface area contributed by atoms with Crippen molar-refractivity contribution in [2.24, 2.45) is 0 Å². The first kappa shape index (κ1) is 11.9. The van der Waals surface area contributed by atoms with Crippen LogP contribution in [0.2, 0.25) is 0 Å². The van der Waals surface area contributed by atoms with Gasteiger partial charge in [0.05, 0.1) is 18.2 Å². The minimum absolute atomic E-state index is 0.00113. The van der Waals surface area contributed by atoms with Crippen LogP contribution in [0.1, 0.15) is 0 Å². The highest BCUT2D eigenvalue weighted by Gasteiger charge is 2.16. The third-order valence-corrected chi connectivity index (χ3v) is 3.95. The third-order valence-electron chi connectivity index (χ3n) is 2.00. The van der Waals surface area contributed by atoms with Gasteiger partial charge in [-0.2, -0.15) is 8.42 Å². The smallest absolute Gasteiger partial charge is 0.279 e. The zero-order valence-electron chi connectivity index (χ0n) is 8.51. The molecular formula is C9H9BrN4O2S. The Hall–Kier alpha value is -1.54. The van der Waals surface area contributed by atoms with Crippen molar-refractivity contribution in [2.75, 3.05) is 10.5 Å². The number of hydrogen-bond donors (Lipinski definition) is 3. The van der Waals surface area contributed by atoms with Gasteiger partial charge >= 0.3 is 0 Å². The van der Waals surface area contributed by atoms with E-state index in [-0.39, 0.29) is 5.03 Å². The lowest BCUT2D eigenvalue weighted by atomic mass is 10.3. The van der Waals surface area contributed by atoms with Crippen LogP contribution >= 0.6 is 15.9 Å². The van der Waals surface area contributed by atoms with Gasteiger partial charge in [-0.15, -0.1) is 0 Å². The minimum Gasteiger partial charge on any atom is -0.399 e. The second kappa shape index (κ2) is 4.38. The van der Waals surface area contributed by atoms with Crippen molar-refractivity contribution in [1.82, 2.24) is 9.97 Å². The predicted octanol–water partition coefficient (Wildman–Crippen LogP) is 1.56. The van der Waals surface area contributed by atoms with E-state index in [1.54, 1.807) is 18.2 Å². The van der Waals surface area contributed by atoms with Crippen molar-refractivity contribution >= 4 is 37.3 Å². The molecule has 0 saturated carbocycles. The monoisotopic (exact) mass is 316 g/mol. The van der Waals surface area contributed by atoms with Crippen LogP contribution in [0.3, 0.4) is 0 Å². The molecule has 90 valence electrons. The van der Waals surface area contributed by atoms with E-state index >= 15 is 0 Å². The molecule has 1 heterocycles. The van der Waals surface area contributed by atoms with E-state index in [1.165, 1.54) is 12.5 Å². The Morgan fingerprint density at radius 3 is 2.76 bits per heavy atom. The number of nitrogens with one attached hydrogen (secondary N) is 2. The summed E-state index contributed by atoms with van der Waals surface area (Å²) >= 11 is 3.23. The SMILES string of the molecule is Nc1ccc(NS(=O)(=O)c2cnc[nH]2)c(Br)c1. The molecule has 2 aromatic rings. The van der Waals surface area contributed by atoms with E-state index in [0.717, 1.165) is 0 Å². The Kier molecular flexibility index (Phi) is 3.07. The number of halogens is 1. The minimum atomic E-state index is -3.64. The maximum Gasteiger partial charge on any atom is 0.279 e. The molecule has 0 unspecified atom stereocenters. The highest BCUT2D eigenvalue weighted by atomic mass is 79.9. The summed E-state index contributed by atoms with van der Waals surface area (Å²) < 4.78 is 26.7. The lowest BCUT2D eigenvalue weighted by Gasteiger charge is -2.08. The topological polar surface area (TPSA) is 101 Å². The van der Waals surface area contributed by atoms with Crippen molar-refractivity contribution < 1.29 is 8.42 Å². The van der Waals surface area contributed by atoms with E-state index in [1.807, 2.05) is 0 Å². The largest absolute Gasteiger partial charge is 0.399 e. The summed E-state index contributed by atoms with van der Waals surface area (Å²) in [6.45, 7) is 0. The van der Waals surface area contributed by atoms with E-state index in [0.29, 0.717) is 15.8 Å². The van der Waals surface area contributed by atoms with E-state index in [2.05, 4.69) is 30.6 Å². The fourth-order valence-electron chi connectivity index (χ4n) is 1.20. The first-order valence-corrected chi connectivity index (χ1v) is 6.83. The first-order valence-electron chi connectivity index (χ1n) is 4.55. The Balaban J connectivity index is 2.33. The number of benzene rings is 1. The average molecular weight is 317 g/mol. The molecule has 0 saturated heterocycles. The number of hydrogen-bond acceptors (Lipinski definition) is 4. The number of nitrogen functional groups attached to an aromatic ring is 1. The molecule has 4 N–H and O–H groups in total. The van der Waals surface area contributed by atoms with Gasteiger partial charge in [0.15, 0.2) is 5.03 Å². The van der Waals surface area contributed by atoms with E-state index < -0.39 is 10.0 Å². The standard InChI is InChI=1S/C9H9BrN4O2S/c10-7-3-6(11)1-2-8(7)14-17(15,16)9-4-12-5-13-9/h1-5,14H,11H2,(H,12,13). The average Bonchev–Trinajstić information content (AvgIpc) is 2.76. The molecular weight excluding hydrogens is 308 g/mol. The second-order valence-electron chi connectivity index (χ2n) is 3.26. The fraction of sp³-hybridized carbons (Fsp3) is 0. The second-order valence-corrected chi connectivity index (χ2v) is 5.77. The summed E-state index contributed by atoms with van der Waals surface area (Å²) in [7, 11) is -3.64. The zero-order valence-corrected chi connectivity index (χ0v) is 10.9. The van der Waals surface area contributed by atoms with Crippen molar-refractivity contribution in [1.29, 1.82) is 0 Å². The number of nitrogens with zero attached hydrogens (tertiary/aromatic N) is 1. The van der Waals surface area contributed by atoms with E-state index in [9.17, 15) is 8.42 Å². The van der Waals surface area contributed by atoms with Crippen LogP contribution < -0.4 is 10.5 Å². The van der Waals surface area contributed by atoms with Gasteiger partial charge in [0.2, 0.25) is 0 Å². The molecule has 2 rings (SSSR count). The Bertz CT molecular complexity index is 624. The number of rotatable bonds is 3. The number of aromatic nitrogens is 2. The Morgan fingerprint density at radius 1 is 1.41 bits per heavy atom. The third kappa shape index (κ3) is 2.59. The fourth-order valence-corrected chi connectivity index (χ4v) is 2.82. The summed E-state index contributed by atoms with van der Waals surface area (Å²) in [6.07, 6.45) is 2.53. The van der Waals surface area contributed by atoms with Gasteiger partial charge in [-0.3, -0.25) is 4.72 Å². The molecule has 1 aromatic carbocycles. The molecule has 0 radical (unpaired) electrons. The lowest BCUT2D eigenvalue weighted by Crippen LogP contribution is -2.13. The molecule has 0 fully saturated rings. The molecule has 1 aromatic heterocycles. The number of H-pyrrole nitrogens is 1. The molecule has 6 nitrogen and oxygen atoms in total. The molecule has 0 bridgehead atoms.